The van der Waals surface area contributed by atoms with Crippen molar-refractivity contribution in [2.45, 2.75) is 64.6 Å². The van der Waals surface area contributed by atoms with Crippen LogP contribution in [0.4, 0.5) is 4.39 Å². The molecule has 1 saturated heterocycles. The largest absolute Gasteiger partial charge is 0.463 e. The summed E-state index contributed by atoms with van der Waals surface area (Å²) in [6.07, 6.45) is -10.2. The van der Waals surface area contributed by atoms with E-state index in [0.29, 0.717) is 0 Å². The van der Waals surface area contributed by atoms with Gasteiger partial charge < -0.3 is 28.8 Å². The lowest BCUT2D eigenvalue weighted by atomic mass is 9.95. The number of aliphatic hydroxyl groups excluding tert-OH is 1. The van der Waals surface area contributed by atoms with Crippen LogP contribution in [0.1, 0.15) is 27.7 Å². The van der Waals surface area contributed by atoms with Gasteiger partial charge in [0.25, 0.3) is 0 Å². The van der Waals surface area contributed by atoms with Gasteiger partial charge in [-0.15, -0.1) is 0 Å². The molecule has 0 aliphatic carbocycles. The Morgan fingerprint density at radius 2 is 1.35 bits per heavy atom. The van der Waals surface area contributed by atoms with Crippen LogP contribution in [-0.2, 0) is 42.9 Å². The predicted molar refractivity (Wildman–Crippen MR) is 79.1 cm³/mol. The van der Waals surface area contributed by atoms with Gasteiger partial charge in [0, 0.05) is 27.7 Å². The molecule has 11 heteroatoms. The summed E-state index contributed by atoms with van der Waals surface area (Å²) < 4.78 is 38.9. The summed E-state index contributed by atoms with van der Waals surface area (Å²) in [5.41, 5.74) is 0. The fourth-order valence-corrected chi connectivity index (χ4v) is 2.40. The second kappa shape index (κ2) is 9.43. The summed E-state index contributed by atoms with van der Waals surface area (Å²) in [4.78, 5) is 44.9. The van der Waals surface area contributed by atoms with Crippen molar-refractivity contribution in [3.8, 4) is 0 Å². The van der Waals surface area contributed by atoms with Gasteiger partial charge in [-0.1, -0.05) is 0 Å². The van der Waals surface area contributed by atoms with Crippen molar-refractivity contribution in [2.75, 3.05) is 6.61 Å². The first-order valence-electron chi connectivity index (χ1n) is 7.65. The molecular formula is C15H21FO10. The van der Waals surface area contributed by atoms with Crippen LogP contribution in [0.2, 0.25) is 0 Å². The third-order valence-corrected chi connectivity index (χ3v) is 3.26. The van der Waals surface area contributed by atoms with Gasteiger partial charge in [0.2, 0.25) is 0 Å². The lowest BCUT2D eigenvalue weighted by Crippen LogP contribution is -2.63. The van der Waals surface area contributed by atoms with Crippen molar-refractivity contribution in [3.05, 3.63) is 0 Å². The SMILES string of the molecule is CC(=O)OC[C@H](F)C1O[C@@H](O)[C@H](OC(C)=O)C(OC(C)=O)[C@@H]1OC(C)=O. The molecule has 0 amide bonds. The molecule has 26 heavy (non-hydrogen) atoms. The summed E-state index contributed by atoms with van der Waals surface area (Å²) in [6, 6.07) is 0. The van der Waals surface area contributed by atoms with Gasteiger partial charge in [0.05, 0.1) is 0 Å². The number of aliphatic hydroxyl groups is 1. The van der Waals surface area contributed by atoms with Crippen LogP contribution in [0.3, 0.4) is 0 Å². The second-order valence-corrected chi connectivity index (χ2v) is 5.53. The highest BCUT2D eigenvalue weighted by molar-refractivity contribution is 5.68. The Kier molecular flexibility index (Phi) is 7.90. The number of ether oxygens (including phenoxy) is 5. The fourth-order valence-electron chi connectivity index (χ4n) is 2.40. The van der Waals surface area contributed by atoms with Crippen molar-refractivity contribution in [1.29, 1.82) is 0 Å². The summed E-state index contributed by atoms with van der Waals surface area (Å²) in [5, 5.41) is 10.0. The average Bonchev–Trinajstić information content (AvgIpc) is 2.49. The lowest BCUT2D eigenvalue weighted by molar-refractivity contribution is -0.301. The highest BCUT2D eigenvalue weighted by Crippen LogP contribution is 2.30. The van der Waals surface area contributed by atoms with E-state index in [4.69, 9.17) is 18.9 Å². The van der Waals surface area contributed by atoms with Gasteiger partial charge >= 0.3 is 23.9 Å². The van der Waals surface area contributed by atoms with Crippen LogP contribution in [0.15, 0.2) is 0 Å². The topological polar surface area (TPSA) is 135 Å². The molecule has 1 rings (SSSR count). The number of halogens is 1. The molecule has 10 nitrogen and oxygen atoms in total. The first-order chi connectivity index (χ1) is 12.0. The molecular weight excluding hydrogens is 359 g/mol. The molecule has 1 heterocycles. The van der Waals surface area contributed by atoms with Crippen molar-refractivity contribution in [3.63, 3.8) is 0 Å². The highest BCUT2D eigenvalue weighted by Gasteiger charge is 2.54. The molecule has 0 saturated carbocycles. The summed E-state index contributed by atoms with van der Waals surface area (Å²) in [7, 11) is 0. The number of alkyl halides is 1. The molecule has 6 atom stereocenters. The van der Waals surface area contributed by atoms with E-state index >= 15 is 0 Å². The number of carbonyl (C=O) groups excluding carboxylic acids is 4. The lowest BCUT2D eigenvalue weighted by Gasteiger charge is -2.43. The third-order valence-electron chi connectivity index (χ3n) is 3.26. The number of rotatable bonds is 6. The molecule has 2 unspecified atom stereocenters. The van der Waals surface area contributed by atoms with E-state index in [1.807, 2.05) is 0 Å². The minimum atomic E-state index is -2.03. The van der Waals surface area contributed by atoms with E-state index in [0.717, 1.165) is 27.7 Å². The maximum absolute atomic E-state index is 14.5. The van der Waals surface area contributed by atoms with Gasteiger partial charge in [0.1, 0.15) is 12.7 Å². The minimum absolute atomic E-state index is 0.754. The summed E-state index contributed by atoms with van der Waals surface area (Å²) in [6.45, 7) is 3.38. The molecule has 0 radical (unpaired) electrons. The van der Waals surface area contributed by atoms with Crippen LogP contribution >= 0.6 is 0 Å². The Morgan fingerprint density at radius 1 is 0.885 bits per heavy atom. The fraction of sp³-hybridized carbons (Fsp3) is 0.733. The minimum Gasteiger partial charge on any atom is -0.463 e. The standard InChI is InChI=1S/C15H21FO10/c1-6(17)22-5-10(16)11-12(23-7(2)18)13(24-8(3)19)14(15(21)26-11)25-9(4)20/h10-15,21H,5H2,1-4H3/t10-,11?,12+,13?,14+,15+/m0/s1. The van der Waals surface area contributed by atoms with Crippen molar-refractivity contribution < 1.29 is 52.4 Å². The van der Waals surface area contributed by atoms with Gasteiger partial charge in [-0.2, -0.15) is 0 Å². The predicted octanol–water partition coefficient (Wildman–Crippen LogP) is -0.600. The molecule has 0 aromatic rings. The van der Waals surface area contributed by atoms with Gasteiger partial charge in [-0.25, -0.2) is 4.39 Å². The van der Waals surface area contributed by atoms with E-state index in [9.17, 15) is 28.7 Å². The molecule has 1 fully saturated rings. The first kappa shape index (κ1) is 21.8. The monoisotopic (exact) mass is 380 g/mol. The zero-order chi connectivity index (χ0) is 20.0. The molecule has 0 spiro atoms. The Labute approximate surface area is 148 Å². The summed E-state index contributed by atoms with van der Waals surface area (Å²) in [5.74, 6) is -3.32. The molecule has 1 aliphatic heterocycles. The number of hydrogen-bond acceptors (Lipinski definition) is 10. The molecule has 1 N–H and O–H groups in total. The van der Waals surface area contributed by atoms with Crippen molar-refractivity contribution in [1.82, 2.24) is 0 Å². The van der Waals surface area contributed by atoms with E-state index in [1.54, 1.807) is 0 Å². The van der Waals surface area contributed by atoms with Crippen LogP contribution in [-0.4, -0.2) is 72.5 Å². The van der Waals surface area contributed by atoms with E-state index in [2.05, 4.69) is 4.74 Å². The Balaban J connectivity index is 3.16. The highest BCUT2D eigenvalue weighted by atomic mass is 19.1. The Hall–Kier alpha value is -2.27. The van der Waals surface area contributed by atoms with E-state index in [1.165, 1.54) is 0 Å². The third kappa shape index (κ3) is 6.23. The maximum atomic E-state index is 14.5. The molecule has 148 valence electrons. The number of esters is 4. The normalized spacial score (nSPS) is 29.2. The first-order valence-corrected chi connectivity index (χ1v) is 7.65. The Bertz CT molecular complexity index is 551. The van der Waals surface area contributed by atoms with Gasteiger partial charge in [-0.3, -0.25) is 19.2 Å². The maximum Gasteiger partial charge on any atom is 0.303 e. The van der Waals surface area contributed by atoms with Crippen LogP contribution in [0, 0.1) is 0 Å². The molecule has 1 aliphatic rings. The van der Waals surface area contributed by atoms with Crippen LogP contribution in [0.25, 0.3) is 0 Å². The molecule has 0 aromatic carbocycles. The molecule has 0 bridgehead atoms. The zero-order valence-electron chi connectivity index (χ0n) is 14.7. The Morgan fingerprint density at radius 3 is 1.81 bits per heavy atom. The molecule has 0 aromatic heterocycles. The quantitative estimate of drug-likeness (QED) is 0.470. The van der Waals surface area contributed by atoms with Crippen molar-refractivity contribution in [2.24, 2.45) is 0 Å². The summed E-state index contributed by atoms with van der Waals surface area (Å²) >= 11 is 0. The number of hydrogen-bond donors (Lipinski definition) is 1. The van der Waals surface area contributed by atoms with Gasteiger partial charge in [0.15, 0.2) is 30.8 Å². The number of carbonyl (C=O) groups is 4. The van der Waals surface area contributed by atoms with Crippen LogP contribution in [0.5, 0.6) is 0 Å². The second-order valence-electron chi connectivity index (χ2n) is 5.53. The average molecular weight is 380 g/mol. The smallest absolute Gasteiger partial charge is 0.303 e. The van der Waals surface area contributed by atoms with E-state index in [-0.39, 0.29) is 0 Å². The zero-order valence-corrected chi connectivity index (χ0v) is 14.7. The van der Waals surface area contributed by atoms with Crippen LogP contribution < -0.4 is 0 Å². The van der Waals surface area contributed by atoms with E-state index < -0.39 is 67.4 Å². The van der Waals surface area contributed by atoms with Crippen molar-refractivity contribution >= 4 is 23.9 Å². The van der Waals surface area contributed by atoms with Gasteiger partial charge in [-0.05, 0) is 0 Å².